The third-order valence-corrected chi connectivity index (χ3v) is 3.13. The van der Waals surface area contributed by atoms with E-state index in [-0.39, 0.29) is 0 Å². The second kappa shape index (κ2) is 8.09. The Kier molecular flexibility index (Phi) is 6.73. The van der Waals surface area contributed by atoms with Gasteiger partial charge in [-0.3, -0.25) is 0 Å². The largest absolute Gasteiger partial charge is 0.389 e. The molecule has 0 aliphatic carbocycles. The van der Waals surface area contributed by atoms with E-state index >= 15 is 0 Å². The van der Waals surface area contributed by atoms with Crippen LogP contribution in [0.2, 0.25) is 0 Å². The van der Waals surface area contributed by atoms with Crippen LogP contribution in [0.5, 0.6) is 0 Å². The van der Waals surface area contributed by atoms with E-state index in [4.69, 9.17) is 0 Å². The van der Waals surface area contributed by atoms with E-state index in [2.05, 4.69) is 23.7 Å². The van der Waals surface area contributed by atoms with Crippen LogP contribution in [-0.4, -0.2) is 23.2 Å². The van der Waals surface area contributed by atoms with Crippen molar-refractivity contribution in [3.05, 3.63) is 23.9 Å². The summed E-state index contributed by atoms with van der Waals surface area (Å²) in [4.78, 5) is 6.79. The Morgan fingerprint density at radius 2 is 1.83 bits per heavy atom. The molecule has 0 spiro atoms. The summed E-state index contributed by atoms with van der Waals surface area (Å²) in [6.45, 7) is 8.25. The van der Waals surface area contributed by atoms with Gasteiger partial charge < -0.3 is 10.0 Å². The second-order valence-corrected chi connectivity index (χ2v) is 4.79. The lowest BCUT2D eigenvalue weighted by Gasteiger charge is -2.26. The Balaban J connectivity index is 2.88. The number of hydrogen-bond acceptors (Lipinski definition) is 3. The maximum absolute atomic E-state index is 9.84. The van der Waals surface area contributed by atoms with Gasteiger partial charge in [0.15, 0.2) is 0 Å². The molecule has 0 saturated carbocycles. The molecule has 0 amide bonds. The molecular weight excluding hydrogens is 224 g/mol. The lowest BCUT2D eigenvalue weighted by Crippen LogP contribution is -2.28. The zero-order valence-corrected chi connectivity index (χ0v) is 11.9. The quantitative estimate of drug-likeness (QED) is 0.766. The summed E-state index contributed by atoms with van der Waals surface area (Å²) >= 11 is 0. The lowest BCUT2D eigenvalue weighted by molar-refractivity contribution is 0.199. The van der Waals surface area contributed by atoms with E-state index in [0.29, 0.717) is 0 Å². The lowest BCUT2D eigenvalue weighted by atomic mass is 10.1. The second-order valence-electron chi connectivity index (χ2n) is 4.79. The maximum Gasteiger partial charge on any atom is 0.134 e. The number of anilines is 1. The highest BCUT2D eigenvalue weighted by atomic mass is 16.3. The van der Waals surface area contributed by atoms with Gasteiger partial charge in [-0.1, -0.05) is 32.8 Å². The van der Waals surface area contributed by atoms with Crippen LogP contribution in [0.25, 0.3) is 0 Å². The van der Waals surface area contributed by atoms with Crippen LogP contribution < -0.4 is 4.90 Å². The average Bonchev–Trinajstić information content (AvgIpc) is 2.39. The van der Waals surface area contributed by atoms with Crippen molar-refractivity contribution in [1.82, 2.24) is 4.98 Å². The number of hydrogen-bond donors (Lipinski definition) is 1. The SMILES string of the molecule is CCCCN(CCCC)c1ncccc1[C@@H](C)O. The fourth-order valence-corrected chi connectivity index (χ4v) is 2.02. The number of pyridine rings is 1. The summed E-state index contributed by atoms with van der Waals surface area (Å²) in [5, 5.41) is 9.84. The van der Waals surface area contributed by atoms with Gasteiger partial charge in [0, 0.05) is 24.8 Å². The van der Waals surface area contributed by atoms with Crippen LogP contribution in [0.3, 0.4) is 0 Å². The van der Waals surface area contributed by atoms with Gasteiger partial charge >= 0.3 is 0 Å². The Bertz CT molecular complexity index is 331. The van der Waals surface area contributed by atoms with Crippen LogP contribution in [0, 0.1) is 0 Å². The predicted molar refractivity (Wildman–Crippen MR) is 76.9 cm³/mol. The zero-order chi connectivity index (χ0) is 13.4. The van der Waals surface area contributed by atoms with Gasteiger partial charge in [0.2, 0.25) is 0 Å². The van der Waals surface area contributed by atoms with Crippen molar-refractivity contribution in [2.24, 2.45) is 0 Å². The molecule has 0 radical (unpaired) electrons. The third kappa shape index (κ3) is 4.30. The van der Waals surface area contributed by atoms with E-state index in [0.717, 1.165) is 24.5 Å². The summed E-state index contributed by atoms with van der Waals surface area (Å²) in [7, 11) is 0. The summed E-state index contributed by atoms with van der Waals surface area (Å²) in [6.07, 6.45) is 6.05. The minimum absolute atomic E-state index is 0.459. The summed E-state index contributed by atoms with van der Waals surface area (Å²) in [6, 6.07) is 3.86. The molecule has 0 bridgehead atoms. The standard InChI is InChI=1S/C15H26N2O/c1-4-6-11-17(12-7-5-2)15-14(13(3)18)9-8-10-16-15/h8-10,13,18H,4-7,11-12H2,1-3H3/t13-/m1/s1. The van der Waals surface area contributed by atoms with Crippen LogP contribution >= 0.6 is 0 Å². The van der Waals surface area contributed by atoms with Gasteiger partial charge in [0.25, 0.3) is 0 Å². The molecule has 1 atom stereocenters. The van der Waals surface area contributed by atoms with Gasteiger partial charge in [0.1, 0.15) is 5.82 Å². The van der Waals surface area contributed by atoms with Gasteiger partial charge in [-0.05, 0) is 25.8 Å². The van der Waals surface area contributed by atoms with Crippen molar-refractivity contribution < 1.29 is 5.11 Å². The molecule has 1 N–H and O–H groups in total. The molecule has 1 aromatic rings. The fourth-order valence-electron chi connectivity index (χ4n) is 2.02. The van der Waals surface area contributed by atoms with Crippen LogP contribution in [0.1, 0.15) is 58.1 Å². The first kappa shape index (κ1) is 15.0. The molecular formula is C15H26N2O. The molecule has 0 aliphatic heterocycles. The predicted octanol–water partition coefficient (Wildman–Crippen LogP) is 3.54. The first-order chi connectivity index (χ1) is 8.70. The number of aliphatic hydroxyl groups is 1. The summed E-state index contributed by atoms with van der Waals surface area (Å²) < 4.78 is 0. The van der Waals surface area contributed by atoms with Gasteiger partial charge in [0.05, 0.1) is 6.10 Å². The minimum Gasteiger partial charge on any atom is -0.389 e. The highest BCUT2D eigenvalue weighted by molar-refractivity contribution is 5.47. The Morgan fingerprint density at radius 1 is 1.22 bits per heavy atom. The normalized spacial score (nSPS) is 12.4. The summed E-state index contributed by atoms with van der Waals surface area (Å²) in [5.74, 6) is 0.953. The first-order valence-electron chi connectivity index (χ1n) is 7.08. The molecule has 0 aromatic carbocycles. The van der Waals surface area contributed by atoms with E-state index < -0.39 is 6.10 Å². The Hall–Kier alpha value is -1.09. The number of aromatic nitrogens is 1. The minimum atomic E-state index is -0.459. The Morgan fingerprint density at radius 3 is 2.33 bits per heavy atom. The molecule has 0 aliphatic rings. The van der Waals surface area contributed by atoms with Gasteiger partial charge in [-0.25, -0.2) is 4.98 Å². The molecule has 1 rings (SSSR count). The zero-order valence-electron chi connectivity index (χ0n) is 11.9. The number of unbranched alkanes of at least 4 members (excludes halogenated alkanes) is 2. The first-order valence-corrected chi connectivity index (χ1v) is 7.08. The van der Waals surface area contributed by atoms with Crippen LogP contribution in [-0.2, 0) is 0 Å². The van der Waals surface area contributed by atoms with Crippen molar-refractivity contribution >= 4 is 5.82 Å². The molecule has 3 nitrogen and oxygen atoms in total. The van der Waals surface area contributed by atoms with Crippen molar-refractivity contribution in [2.45, 2.75) is 52.6 Å². The molecule has 0 saturated heterocycles. The van der Waals surface area contributed by atoms with Crippen molar-refractivity contribution in [1.29, 1.82) is 0 Å². The number of nitrogens with zero attached hydrogens (tertiary/aromatic N) is 2. The topological polar surface area (TPSA) is 36.4 Å². The highest BCUT2D eigenvalue weighted by Crippen LogP contribution is 2.24. The van der Waals surface area contributed by atoms with Crippen LogP contribution in [0.15, 0.2) is 18.3 Å². The smallest absolute Gasteiger partial charge is 0.134 e. The summed E-state index contributed by atoms with van der Waals surface area (Å²) in [5.41, 5.74) is 0.935. The number of rotatable bonds is 8. The monoisotopic (exact) mass is 250 g/mol. The van der Waals surface area contributed by atoms with E-state index in [1.807, 2.05) is 18.3 Å². The number of aliphatic hydroxyl groups excluding tert-OH is 1. The van der Waals surface area contributed by atoms with E-state index in [1.54, 1.807) is 6.92 Å². The highest BCUT2D eigenvalue weighted by Gasteiger charge is 2.14. The molecule has 3 heteroatoms. The van der Waals surface area contributed by atoms with Crippen molar-refractivity contribution in [3.8, 4) is 0 Å². The average molecular weight is 250 g/mol. The third-order valence-electron chi connectivity index (χ3n) is 3.13. The van der Waals surface area contributed by atoms with Gasteiger partial charge in [-0.2, -0.15) is 0 Å². The van der Waals surface area contributed by atoms with E-state index in [1.165, 1.54) is 25.7 Å². The van der Waals surface area contributed by atoms with Crippen molar-refractivity contribution in [2.75, 3.05) is 18.0 Å². The fraction of sp³-hybridized carbons (Fsp3) is 0.667. The van der Waals surface area contributed by atoms with E-state index in [9.17, 15) is 5.11 Å². The van der Waals surface area contributed by atoms with Gasteiger partial charge in [-0.15, -0.1) is 0 Å². The molecule has 0 fully saturated rings. The molecule has 102 valence electrons. The maximum atomic E-state index is 9.84. The van der Waals surface area contributed by atoms with Crippen LogP contribution in [0.4, 0.5) is 5.82 Å². The molecule has 0 unspecified atom stereocenters. The molecule has 1 heterocycles. The van der Waals surface area contributed by atoms with Crippen molar-refractivity contribution in [3.63, 3.8) is 0 Å². The molecule has 18 heavy (non-hydrogen) atoms. The molecule has 1 aromatic heterocycles. The Labute approximate surface area is 111 Å².